The predicted molar refractivity (Wildman–Crippen MR) is 121 cm³/mol. The summed E-state index contributed by atoms with van der Waals surface area (Å²) in [4.78, 5) is 25.1. The Morgan fingerprint density at radius 1 is 0.943 bits per heavy atom. The molecule has 0 bridgehead atoms. The summed E-state index contributed by atoms with van der Waals surface area (Å²) in [5.74, 6) is -2.94. The van der Waals surface area contributed by atoms with Gasteiger partial charge in [0.1, 0.15) is 22.8 Å². The van der Waals surface area contributed by atoms with Crippen molar-refractivity contribution in [1.29, 1.82) is 0 Å². The van der Waals surface area contributed by atoms with Gasteiger partial charge in [0.15, 0.2) is 0 Å². The standard InChI is InChI=1S/C25H16ClF3O6/c1-32-16-6-8-17(9-7-16)34-23-22(31)19-11-10-18(13-20(19)35-24(23)25(27,28)29)33-21(30)12-14-2-4-15(26)5-3-14/h2-11,13H,12H2,1H3. The zero-order valence-corrected chi connectivity index (χ0v) is 18.8. The molecule has 0 radical (unpaired) electrons. The Morgan fingerprint density at radius 2 is 1.57 bits per heavy atom. The van der Waals surface area contributed by atoms with E-state index in [-0.39, 0.29) is 23.3 Å². The first kappa shape index (κ1) is 24.2. The number of alkyl halides is 3. The van der Waals surface area contributed by atoms with Crippen molar-refractivity contribution in [3.8, 4) is 23.0 Å². The molecular formula is C25H16ClF3O6. The topological polar surface area (TPSA) is 75.0 Å². The van der Waals surface area contributed by atoms with Crippen LogP contribution in [0.1, 0.15) is 11.3 Å². The fourth-order valence-electron chi connectivity index (χ4n) is 3.20. The van der Waals surface area contributed by atoms with E-state index in [1.165, 1.54) is 43.5 Å². The third kappa shape index (κ3) is 5.58. The second kappa shape index (κ2) is 9.71. The molecule has 180 valence electrons. The van der Waals surface area contributed by atoms with Crippen LogP contribution >= 0.6 is 11.6 Å². The number of hydrogen-bond donors (Lipinski definition) is 0. The van der Waals surface area contributed by atoms with E-state index < -0.39 is 34.7 Å². The molecule has 0 amide bonds. The van der Waals surface area contributed by atoms with E-state index in [0.29, 0.717) is 16.3 Å². The SMILES string of the molecule is COc1ccc(Oc2c(C(F)(F)F)oc3cc(OC(=O)Cc4ccc(Cl)cc4)ccc3c2=O)cc1. The number of fused-ring (bicyclic) bond motifs is 1. The second-order valence-electron chi connectivity index (χ2n) is 7.30. The molecule has 0 unspecified atom stereocenters. The van der Waals surface area contributed by atoms with Crippen molar-refractivity contribution >= 4 is 28.5 Å². The molecule has 0 fully saturated rings. The Hall–Kier alpha value is -3.98. The van der Waals surface area contributed by atoms with Gasteiger partial charge in [-0.25, -0.2) is 0 Å². The Bertz CT molecular complexity index is 1430. The number of benzene rings is 3. The highest BCUT2D eigenvalue weighted by Crippen LogP contribution is 2.38. The van der Waals surface area contributed by atoms with Crippen molar-refractivity contribution in [2.45, 2.75) is 12.6 Å². The van der Waals surface area contributed by atoms with Gasteiger partial charge >= 0.3 is 12.1 Å². The number of carbonyl (C=O) groups is 1. The van der Waals surface area contributed by atoms with Gasteiger partial charge in [0, 0.05) is 11.1 Å². The second-order valence-corrected chi connectivity index (χ2v) is 7.74. The lowest BCUT2D eigenvalue weighted by Gasteiger charge is -2.14. The monoisotopic (exact) mass is 504 g/mol. The average molecular weight is 505 g/mol. The van der Waals surface area contributed by atoms with Gasteiger partial charge in [0.2, 0.25) is 11.2 Å². The molecule has 0 saturated carbocycles. The van der Waals surface area contributed by atoms with Crippen LogP contribution in [0.3, 0.4) is 0 Å². The molecule has 0 aliphatic rings. The van der Waals surface area contributed by atoms with E-state index >= 15 is 0 Å². The van der Waals surface area contributed by atoms with E-state index in [1.54, 1.807) is 24.3 Å². The van der Waals surface area contributed by atoms with Crippen LogP contribution in [0.2, 0.25) is 5.02 Å². The summed E-state index contributed by atoms with van der Waals surface area (Å²) in [6.45, 7) is 0. The minimum absolute atomic E-state index is 0.0179. The average Bonchev–Trinajstić information content (AvgIpc) is 2.82. The molecule has 3 aromatic carbocycles. The zero-order valence-electron chi connectivity index (χ0n) is 18.0. The van der Waals surface area contributed by atoms with Gasteiger partial charge < -0.3 is 18.6 Å². The first-order valence-corrected chi connectivity index (χ1v) is 10.5. The molecule has 35 heavy (non-hydrogen) atoms. The van der Waals surface area contributed by atoms with E-state index in [0.717, 1.165) is 6.07 Å². The predicted octanol–water partition coefficient (Wildman–Crippen LogP) is 6.41. The molecule has 4 rings (SSSR count). The van der Waals surface area contributed by atoms with Crippen molar-refractivity contribution < 1.29 is 36.6 Å². The van der Waals surface area contributed by atoms with Crippen LogP contribution in [0.25, 0.3) is 11.0 Å². The number of rotatable bonds is 6. The summed E-state index contributed by atoms with van der Waals surface area (Å²) in [5.41, 5.74) is -0.818. The normalized spacial score (nSPS) is 11.3. The molecule has 1 aromatic heterocycles. The first-order chi connectivity index (χ1) is 16.6. The van der Waals surface area contributed by atoms with Crippen molar-refractivity contribution in [2.24, 2.45) is 0 Å². The Labute approximate surface area is 201 Å². The fraction of sp³-hybridized carbons (Fsp3) is 0.120. The minimum atomic E-state index is -5.03. The van der Waals surface area contributed by atoms with E-state index in [1.807, 2.05) is 0 Å². The number of esters is 1. The maximum atomic E-state index is 13.7. The third-order valence-electron chi connectivity index (χ3n) is 4.85. The summed E-state index contributed by atoms with van der Waals surface area (Å²) in [5, 5.41) is 0.321. The largest absolute Gasteiger partial charge is 0.497 e. The maximum Gasteiger partial charge on any atom is 0.453 e. The summed E-state index contributed by atoms with van der Waals surface area (Å²) in [6, 6.07) is 15.7. The van der Waals surface area contributed by atoms with Gasteiger partial charge in [-0.15, -0.1) is 0 Å². The highest BCUT2D eigenvalue weighted by molar-refractivity contribution is 6.30. The van der Waals surface area contributed by atoms with Crippen molar-refractivity contribution in [2.75, 3.05) is 7.11 Å². The summed E-state index contributed by atoms with van der Waals surface area (Å²) < 4.78 is 61.7. The van der Waals surface area contributed by atoms with Gasteiger partial charge in [0.25, 0.3) is 5.76 Å². The van der Waals surface area contributed by atoms with Crippen molar-refractivity contribution in [3.63, 3.8) is 0 Å². The van der Waals surface area contributed by atoms with Crippen LogP contribution in [0.5, 0.6) is 23.0 Å². The lowest BCUT2D eigenvalue weighted by Crippen LogP contribution is -2.16. The zero-order chi connectivity index (χ0) is 25.2. The van der Waals surface area contributed by atoms with Gasteiger partial charge in [-0.3, -0.25) is 9.59 Å². The van der Waals surface area contributed by atoms with Gasteiger partial charge in [0.05, 0.1) is 18.9 Å². The lowest BCUT2D eigenvalue weighted by atomic mass is 10.1. The van der Waals surface area contributed by atoms with Crippen LogP contribution in [0.15, 0.2) is 75.9 Å². The molecule has 0 aliphatic heterocycles. The number of carbonyl (C=O) groups excluding carboxylic acids is 1. The highest BCUT2D eigenvalue weighted by atomic mass is 35.5. The van der Waals surface area contributed by atoms with Crippen molar-refractivity contribution in [3.05, 3.63) is 93.3 Å². The fourth-order valence-corrected chi connectivity index (χ4v) is 3.32. The summed E-state index contributed by atoms with van der Waals surface area (Å²) >= 11 is 5.81. The van der Waals surface area contributed by atoms with Gasteiger partial charge in [-0.1, -0.05) is 23.7 Å². The third-order valence-corrected chi connectivity index (χ3v) is 5.10. The number of ether oxygens (including phenoxy) is 3. The van der Waals surface area contributed by atoms with Crippen LogP contribution in [0, 0.1) is 0 Å². The van der Waals surface area contributed by atoms with Crippen LogP contribution in [0.4, 0.5) is 13.2 Å². The Kier molecular flexibility index (Phi) is 6.70. The molecule has 0 saturated heterocycles. The Morgan fingerprint density at radius 3 is 2.20 bits per heavy atom. The molecule has 0 spiro atoms. The molecule has 10 heteroatoms. The molecule has 6 nitrogen and oxygen atoms in total. The molecular weight excluding hydrogens is 489 g/mol. The van der Waals surface area contributed by atoms with Crippen LogP contribution < -0.4 is 19.6 Å². The number of methoxy groups -OCH3 is 1. The summed E-state index contributed by atoms with van der Waals surface area (Å²) in [7, 11) is 1.43. The van der Waals surface area contributed by atoms with Gasteiger partial charge in [-0.05, 0) is 54.1 Å². The molecule has 0 aliphatic carbocycles. The smallest absolute Gasteiger partial charge is 0.453 e. The van der Waals surface area contributed by atoms with Crippen LogP contribution in [-0.2, 0) is 17.4 Å². The van der Waals surface area contributed by atoms with Crippen LogP contribution in [-0.4, -0.2) is 13.1 Å². The molecule has 0 atom stereocenters. The van der Waals surface area contributed by atoms with Gasteiger partial charge in [-0.2, -0.15) is 13.2 Å². The Balaban J connectivity index is 1.66. The van der Waals surface area contributed by atoms with E-state index in [2.05, 4.69) is 0 Å². The number of halogens is 4. The summed E-state index contributed by atoms with van der Waals surface area (Å²) in [6.07, 6.45) is -5.13. The van der Waals surface area contributed by atoms with E-state index in [4.69, 9.17) is 30.2 Å². The molecule has 0 N–H and O–H groups in total. The first-order valence-electron chi connectivity index (χ1n) is 10.1. The molecule has 4 aromatic rings. The highest BCUT2D eigenvalue weighted by Gasteiger charge is 2.40. The van der Waals surface area contributed by atoms with Crippen molar-refractivity contribution in [1.82, 2.24) is 0 Å². The lowest BCUT2D eigenvalue weighted by molar-refractivity contribution is -0.154. The minimum Gasteiger partial charge on any atom is -0.497 e. The van der Waals surface area contributed by atoms with E-state index in [9.17, 15) is 22.8 Å². The number of hydrogen-bond acceptors (Lipinski definition) is 6. The quantitative estimate of drug-likeness (QED) is 0.223. The maximum absolute atomic E-state index is 13.7. The molecule has 1 heterocycles.